The molecule has 0 aliphatic carbocycles. The maximum Gasteiger partial charge on any atom is 0.129 e. The van der Waals surface area contributed by atoms with Crippen molar-refractivity contribution in [1.82, 2.24) is 4.98 Å². The van der Waals surface area contributed by atoms with Gasteiger partial charge in [0.15, 0.2) is 0 Å². The van der Waals surface area contributed by atoms with E-state index in [9.17, 15) is 0 Å². The lowest BCUT2D eigenvalue weighted by Gasteiger charge is -2.04. The number of nitrogens with zero attached hydrogens (tertiary/aromatic N) is 1. The summed E-state index contributed by atoms with van der Waals surface area (Å²) in [7, 11) is 1.67. The van der Waals surface area contributed by atoms with Crippen LogP contribution in [0.5, 0.6) is 5.75 Å². The smallest absolute Gasteiger partial charge is 0.129 e. The van der Waals surface area contributed by atoms with Gasteiger partial charge in [-0.05, 0) is 34.6 Å². The van der Waals surface area contributed by atoms with Crippen molar-refractivity contribution in [1.29, 1.82) is 0 Å². The summed E-state index contributed by atoms with van der Waals surface area (Å²) < 4.78 is 6.38. The van der Waals surface area contributed by atoms with Crippen LogP contribution in [0.3, 0.4) is 0 Å². The summed E-state index contributed by atoms with van der Waals surface area (Å²) in [5.41, 5.74) is 7.58. The molecule has 17 heavy (non-hydrogen) atoms. The predicted molar refractivity (Wildman–Crippen MR) is 74.6 cm³/mol. The van der Waals surface area contributed by atoms with Gasteiger partial charge in [0.05, 0.1) is 22.2 Å². The molecule has 2 N–H and O–H groups in total. The quantitative estimate of drug-likeness (QED) is 0.943. The average Bonchev–Trinajstić information content (AvgIpc) is 2.71. The van der Waals surface area contributed by atoms with E-state index in [2.05, 4.69) is 20.9 Å². The average molecular weight is 313 g/mol. The lowest BCUT2D eigenvalue weighted by atomic mass is 10.2. The fourth-order valence-corrected chi connectivity index (χ4v) is 3.18. The summed E-state index contributed by atoms with van der Waals surface area (Å²) >= 11 is 5.13. The summed E-state index contributed by atoms with van der Waals surface area (Å²) in [5.74, 6) is 0.841. The molecule has 1 aromatic heterocycles. The Bertz CT molecular complexity index is 513. The van der Waals surface area contributed by atoms with E-state index < -0.39 is 0 Å². The second-order valence-corrected chi connectivity index (χ2v) is 5.80. The van der Waals surface area contributed by atoms with Crippen LogP contribution in [0, 0.1) is 0 Å². The molecule has 0 saturated heterocycles. The molecule has 1 heterocycles. The first kappa shape index (κ1) is 12.5. The Morgan fingerprint density at radius 1 is 1.41 bits per heavy atom. The van der Waals surface area contributed by atoms with Crippen LogP contribution >= 0.6 is 27.3 Å². The Morgan fingerprint density at radius 3 is 2.88 bits per heavy atom. The first-order valence-electron chi connectivity index (χ1n) is 5.25. The third-order valence-corrected chi connectivity index (χ3v) is 4.23. The Morgan fingerprint density at radius 2 is 2.18 bits per heavy atom. The highest BCUT2D eigenvalue weighted by molar-refractivity contribution is 9.11. The number of aromatic nitrogens is 1. The molecule has 3 nitrogen and oxygen atoms in total. The molecule has 0 saturated carbocycles. The Kier molecular flexibility index (Phi) is 4.15. The molecular weight excluding hydrogens is 300 g/mol. The fourth-order valence-electron chi connectivity index (χ4n) is 1.56. The van der Waals surface area contributed by atoms with E-state index in [1.165, 1.54) is 0 Å². The van der Waals surface area contributed by atoms with Crippen molar-refractivity contribution >= 4 is 27.3 Å². The molecule has 0 amide bonds. The van der Waals surface area contributed by atoms with Gasteiger partial charge >= 0.3 is 0 Å². The molecule has 0 radical (unpaired) electrons. The molecule has 5 heteroatoms. The van der Waals surface area contributed by atoms with Crippen LogP contribution < -0.4 is 10.5 Å². The number of hydrogen-bond acceptors (Lipinski definition) is 4. The highest BCUT2D eigenvalue weighted by Gasteiger charge is 2.13. The van der Waals surface area contributed by atoms with E-state index >= 15 is 0 Å². The van der Waals surface area contributed by atoms with Crippen molar-refractivity contribution in [2.45, 2.75) is 6.42 Å². The van der Waals surface area contributed by atoms with Gasteiger partial charge in [-0.2, -0.15) is 0 Å². The lowest BCUT2D eigenvalue weighted by Crippen LogP contribution is -2.03. The highest BCUT2D eigenvalue weighted by atomic mass is 79.9. The number of para-hydroxylation sites is 1. The second-order valence-electron chi connectivity index (χ2n) is 3.48. The van der Waals surface area contributed by atoms with Crippen molar-refractivity contribution in [2.75, 3.05) is 13.7 Å². The SMILES string of the molecule is COc1ccccc1-c1nc(CCN)c(Br)s1. The molecule has 90 valence electrons. The van der Waals surface area contributed by atoms with E-state index in [1.807, 2.05) is 24.3 Å². The van der Waals surface area contributed by atoms with Crippen molar-refractivity contribution in [2.24, 2.45) is 5.73 Å². The van der Waals surface area contributed by atoms with Crippen LogP contribution in [0.2, 0.25) is 0 Å². The van der Waals surface area contributed by atoms with E-state index in [0.29, 0.717) is 6.54 Å². The van der Waals surface area contributed by atoms with Crippen LogP contribution in [0.15, 0.2) is 28.1 Å². The Labute approximate surface area is 113 Å². The third kappa shape index (κ3) is 2.68. The normalized spacial score (nSPS) is 10.5. The number of hydrogen-bond donors (Lipinski definition) is 1. The van der Waals surface area contributed by atoms with Gasteiger partial charge in [0.1, 0.15) is 10.8 Å². The van der Waals surface area contributed by atoms with Crippen molar-refractivity contribution < 1.29 is 4.74 Å². The predicted octanol–water partition coefficient (Wildman–Crippen LogP) is 3.08. The van der Waals surface area contributed by atoms with E-state index in [4.69, 9.17) is 10.5 Å². The topological polar surface area (TPSA) is 48.1 Å². The summed E-state index contributed by atoms with van der Waals surface area (Å²) in [6.45, 7) is 0.605. The maximum atomic E-state index is 5.55. The van der Waals surface area contributed by atoms with Crippen LogP contribution in [0.1, 0.15) is 5.69 Å². The van der Waals surface area contributed by atoms with Gasteiger partial charge < -0.3 is 10.5 Å². The first-order valence-corrected chi connectivity index (χ1v) is 6.86. The monoisotopic (exact) mass is 312 g/mol. The van der Waals surface area contributed by atoms with Crippen molar-refractivity contribution in [3.05, 3.63) is 33.7 Å². The van der Waals surface area contributed by atoms with Gasteiger partial charge in [0.2, 0.25) is 0 Å². The molecule has 0 spiro atoms. The van der Waals surface area contributed by atoms with E-state index in [1.54, 1.807) is 18.4 Å². The molecule has 0 fully saturated rings. The van der Waals surface area contributed by atoms with E-state index in [0.717, 1.165) is 32.2 Å². The molecule has 0 aliphatic rings. The number of nitrogens with two attached hydrogens (primary N) is 1. The zero-order valence-electron chi connectivity index (χ0n) is 9.44. The first-order chi connectivity index (χ1) is 8.26. The van der Waals surface area contributed by atoms with Gasteiger partial charge in [0.25, 0.3) is 0 Å². The molecular formula is C12H13BrN2OS. The van der Waals surface area contributed by atoms with Crippen LogP contribution in [0.25, 0.3) is 10.6 Å². The van der Waals surface area contributed by atoms with Gasteiger partial charge in [0, 0.05) is 6.42 Å². The molecule has 2 aromatic rings. The summed E-state index contributed by atoms with van der Waals surface area (Å²) in [4.78, 5) is 4.59. The minimum absolute atomic E-state index is 0.605. The van der Waals surface area contributed by atoms with Gasteiger partial charge in [-0.1, -0.05) is 12.1 Å². The number of ether oxygens (including phenoxy) is 1. The minimum atomic E-state index is 0.605. The Balaban J connectivity index is 2.42. The van der Waals surface area contributed by atoms with Crippen LogP contribution in [-0.2, 0) is 6.42 Å². The van der Waals surface area contributed by atoms with Gasteiger partial charge in [-0.25, -0.2) is 4.98 Å². The molecule has 0 unspecified atom stereocenters. The number of rotatable bonds is 4. The molecule has 0 aliphatic heterocycles. The molecule has 0 atom stereocenters. The van der Waals surface area contributed by atoms with Crippen LogP contribution in [-0.4, -0.2) is 18.6 Å². The summed E-state index contributed by atoms with van der Waals surface area (Å²) in [6, 6.07) is 7.88. The van der Waals surface area contributed by atoms with E-state index in [-0.39, 0.29) is 0 Å². The minimum Gasteiger partial charge on any atom is -0.496 e. The molecule has 0 bridgehead atoms. The number of benzene rings is 1. The lowest BCUT2D eigenvalue weighted by molar-refractivity contribution is 0.416. The van der Waals surface area contributed by atoms with Crippen LogP contribution in [0.4, 0.5) is 0 Å². The third-order valence-electron chi connectivity index (χ3n) is 2.37. The molecule has 2 rings (SSSR count). The number of halogens is 1. The summed E-state index contributed by atoms with van der Waals surface area (Å²) in [5, 5.41) is 0.956. The zero-order chi connectivity index (χ0) is 12.3. The van der Waals surface area contributed by atoms with Crippen molar-refractivity contribution in [3.8, 4) is 16.3 Å². The fraction of sp³-hybridized carbons (Fsp3) is 0.250. The second kappa shape index (κ2) is 5.62. The molecule has 1 aromatic carbocycles. The van der Waals surface area contributed by atoms with Gasteiger partial charge in [-0.15, -0.1) is 11.3 Å². The zero-order valence-corrected chi connectivity index (χ0v) is 11.8. The Hall–Kier alpha value is -0.910. The largest absolute Gasteiger partial charge is 0.496 e. The maximum absolute atomic E-state index is 5.55. The highest BCUT2D eigenvalue weighted by Crippen LogP contribution is 2.36. The number of thiazole rings is 1. The summed E-state index contributed by atoms with van der Waals surface area (Å²) in [6.07, 6.45) is 0.784. The van der Waals surface area contributed by atoms with Gasteiger partial charge in [-0.3, -0.25) is 0 Å². The standard InChI is InChI=1S/C12H13BrN2OS/c1-16-10-5-3-2-4-8(10)12-15-9(6-7-14)11(13)17-12/h2-5H,6-7,14H2,1H3. The van der Waals surface area contributed by atoms with Crippen molar-refractivity contribution in [3.63, 3.8) is 0 Å². The number of methoxy groups -OCH3 is 1.